The van der Waals surface area contributed by atoms with E-state index in [2.05, 4.69) is 43.0 Å². The van der Waals surface area contributed by atoms with E-state index in [4.69, 9.17) is 0 Å². The summed E-state index contributed by atoms with van der Waals surface area (Å²) in [4.78, 5) is 0. The van der Waals surface area contributed by atoms with Crippen molar-refractivity contribution in [2.45, 2.75) is 45.6 Å². The van der Waals surface area contributed by atoms with E-state index in [1.807, 2.05) is 11.3 Å². The number of rotatable bonds is 4. The van der Waals surface area contributed by atoms with E-state index >= 15 is 0 Å². The highest BCUT2D eigenvalue weighted by molar-refractivity contribution is 7.07. The number of thiophene rings is 1. The van der Waals surface area contributed by atoms with Crippen molar-refractivity contribution < 1.29 is 0 Å². The fraction of sp³-hybridized carbons (Fsp3) is 0.733. The molecule has 0 saturated heterocycles. The minimum atomic E-state index is 0.666. The summed E-state index contributed by atoms with van der Waals surface area (Å²) in [5.74, 6) is 2.68. The van der Waals surface area contributed by atoms with Gasteiger partial charge in [-0.15, -0.1) is 0 Å². The van der Waals surface area contributed by atoms with E-state index in [0.717, 1.165) is 17.8 Å². The Morgan fingerprint density at radius 3 is 2.76 bits per heavy atom. The van der Waals surface area contributed by atoms with Gasteiger partial charge in [0.1, 0.15) is 0 Å². The lowest BCUT2D eigenvalue weighted by molar-refractivity contribution is 0.173. The molecule has 1 heterocycles. The van der Waals surface area contributed by atoms with Crippen LogP contribution in [0.25, 0.3) is 0 Å². The van der Waals surface area contributed by atoms with Crippen molar-refractivity contribution in [3.8, 4) is 0 Å². The molecule has 2 heteroatoms. The minimum Gasteiger partial charge on any atom is -0.316 e. The number of hydrogen-bond donors (Lipinski definition) is 1. The SMILES string of the molecule is CNC(Cc1ccsc1)C1CCC(C)C(C)C1. The van der Waals surface area contributed by atoms with Gasteiger partial charge in [0, 0.05) is 6.04 Å². The standard InChI is InChI=1S/C15H25NS/c1-11-4-5-14(8-12(11)2)15(16-3)9-13-6-7-17-10-13/h6-7,10-12,14-16H,4-5,8-9H2,1-3H3. The van der Waals surface area contributed by atoms with Gasteiger partial charge in [0.15, 0.2) is 0 Å². The van der Waals surface area contributed by atoms with Crippen LogP contribution in [-0.4, -0.2) is 13.1 Å². The Morgan fingerprint density at radius 2 is 2.18 bits per heavy atom. The molecule has 1 fully saturated rings. The Kier molecular flexibility index (Phi) is 4.63. The number of nitrogens with one attached hydrogen (secondary N) is 1. The third kappa shape index (κ3) is 3.32. The maximum Gasteiger partial charge on any atom is 0.0133 e. The van der Waals surface area contributed by atoms with Crippen molar-refractivity contribution in [3.05, 3.63) is 22.4 Å². The van der Waals surface area contributed by atoms with Crippen molar-refractivity contribution in [2.75, 3.05) is 7.05 Å². The molecule has 96 valence electrons. The molecule has 0 bridgehead atoms. The molecule has 0 aliphatic heterocycles. The second kappa shape index (κ2) is 6.01. The molecular formula is C15H25NS. The van der Waals surface area contributed by atoms with Gasteiger partial charge >= 0.3 is 0 Å². The van der Waals surface area contributed by atoms with E-state index in [-0.39, 0.29) is 0 Å². The van der Waals surface area contributed by atoms with E-state index in [9.17, 15) is 0 Å². The molecule has 17 heavy (non-hydrogen) atoms. The first kappa shape index (κ1) is 13.1. The van der Waals surface area contributed by atoms with Crippen LogP contribution in [0.3, 0.4) is 0 Å². The van der Waals surface area contributed by atoms with Gasteiger partial charge in [0.25, 0.3) is 0 Å². The molecule has 0 radical (unpaired) electrons. The second-order valence-corrected chi connectivity index (χ2v) is 6.54. The molecule has 0 aromatic carbocycles. The van der Waals surface area contributed by atoms with Crippen LogP contribution < -0.4 is 5.32 Å². The van der Waals surface area contributed by atoms with Gasteiger partial charge in [-0.3, -0.25) is 0 Å². The molecule has 1 saturated carbocycles. The molecule has 0 amide bonds. The molecule has 1 nitrogen and oxygen atoms in total. The van der Waals surface area contributed by atoms with Crippen LogP contribution >= 0.6 is 11.3 Å². The molecule has 1 aromatic rings. The van der Waals surface area contributed by atoms with Crippen LogP contribution in [0.4, 0.5) is 0 Å². The molecule has 1 aromatic heterocycles. The normalized spacial score (nSPS) is 31.4. The third-order valence-electron chi connectivity index (χ3n) is 4.61. The molecular weight excluding hydrogens is 226 g/mol. The lowest BCUT2D eigenvalue weighted by atomic mass is 9.72. The first-order valence-electron chi connectivity index (χ1n) is 6.89. The summed E-state index contributed by atoms with van der Waals surface area (Å²) in [7, 11) is 2.12. The minimum absolute atomic E-state index is 0.666. The quantitative estimate of drug-likeness (QED) is 0.854. The summed E-state index contributed by atoms with van der Waals surface area (Å²) < 4.78 is 0. The summed E-state index contributed by atoms with van der Waals surface area (Å²) >= 11 is 1.81. The van der Waals surface area contributed by atoms with Gasteiger partial charge in [-0.1, -0.05) is 20.3 Å². The van der Waals surface area contributed by atoms with E-state index in [1.165, 1.54) is 31.2 Å². The highest BCUT2D eigenvalue weighted by atomic mass is 32.1. The van der Waals surface area contributed by atoms with Gasteiger partial charge in [-0.2, -0.15) is 11.3 Å². The van der Waals surface area contributed by atoms with Gasteiger partial charge in [-0.05, 0) is 66.5 Å². The zero-order chi connectivity index (χ0) is 12.3. The van der Waals surface area contributed by atoms with Crippen LogP contribution in [0.2, 0.25) is 0 Å². The van der Waals surface area contributed by atoms with Crippen LogP contribution in [-0.2, 0) is 6.42 Å². The molecule has 1 N–H and O–H groups in total. The van der Waals surface area contributed by atoms with Crippen LogP contribution in [0, 0.1) is 17.8 Å². The lowest BCUT2D eigenvalue weighted by Crippen LogP contribution is -2.39. The lowest BCUT2D eigenvalue weighted by Gasteiger charge is -2.36. The van der Waals surface area contributed by atoms with Crippen molar-refractivity contribution in [1.82, 2.24) is 5.32 Å². The zero-order valence-corrected chi connectivity index (χ0v) is 12.1. The van der Waals surface area contributed by atoms with Crippen LogP contribution in [0.15, 0.2) is 16.8 Å². The first-order chi connectivity index (χ1) is 8.20. The molecule has 4 unspecified atom stereocenters. The van der Waals surface area contributed by atoms with Gasteiger partial charge < -0.3 is 5.32 Å². The monoisotopic (exact) mass is 251 g/mol. The Morgan fingerprint density at radius 1 is 1.35 bits per heavy atom. The van der Waals surface area contributed by atoms with Gasteiger partial charge in [0.2, 0.25) is 0 Å². The highest BCUT2D eigenvalue weighted by Gasteiger charge is 2.29. The smallest absolute Gasteiger partial charge is 0.0133 e. The first-order valence-corrected chi connectivity index (χ1v) is 7.83. The summed E-state index contributed by atoms with van der Waals surface area (Å²) in [6, 6.07) is 2.93. The molecule has 0 spiro atoms. The maximum atomic E-state index is 3.55. The van der Waals surface area contributed by atoms with Gasteiger partial charge in [0.05, 0.1) is 0 Å². The summed E-state index contributed by atoms with van der Waals surface area (Å²) in [6.07, 6.45) is 5.41. The second-order valence-electron chi connectivity index (χ2n) is 5.76. The third-order valence-corrected chi connectivity index (χ3v) is 5.35. The fourth-order valence-electron chi connectivity index (χ4n) is 3.12. The van der Waals surface area contributed by atoms with E-state index in [1.54, 1.807) is 0 Å². The predicted octanol–water partition coefficient (Wildman–Crippen LogP) is 3.95. The average molecular weight is 251 g/mol. The fourth-order valence-corrected chi connectivity index (χ4v) is 3.80. The van der Waals surface area contributed by atoms with Crippen molar-refractivity contribution in [2.24, 2.45) is 17.8 Å². The molecule has 4 atom stereocenters. The van der Waals surface area contributed by atoms with Crippen LogP contribution in [0.1, 0.15) is 38.7 Å². The summed E-state index contributed by atoms with van der Waals surface area (Å²) in [6.45, 7) is 4.84. The summed E-state index contributed by atoms with van der Waals surface area (Å²) in [5.41, 5.74) is 1.50. The Hall–Kier alpha value is -0.340. The highest BCUT2D eigenvalue weighted by Crippen LogP contribution is 2.35. The molecule has 2 rings (SSSR count). The zero-order valence-electron chi connectivity index (χ0n) is 11.3. The van der Waals surface area contributed by atoms with Crippen molar-refractivity contribution in [3.63, 3.8) is 0 Å². The van der Waals surface area contributed by atoms with Crippen molar-refractivity contribution in [1.29, 1.82) is 0 Å². The average Bonchev–Trinajstić information content (AvgIpc) is 2.82. The largest absolute Gasteiger partial charge is 0.316 e. The predicted molar refractivity (Wildman–Crippen MR) is 76.5 cm³/mol. The van der Waals surface area contributed by atoms with Crippen LogP contribution in [0.5, 0.6) is 0 Å². The Bertz CT molecular complexity index is 320. The number of hydrogen-bond acceptors (Lipinski definition) is 2. The van der Waals surface area contributed by atoms with E-state index in [0.29, 0.717) is 6.04 Å². The Balaban J connectivity index is 1.94. The number of likely N-dealkylation sites (N-methyl/N-ethyl adjacent to an activating group) is 1. The molecule has 1 aliphatic carbocycles. The molecule has 1 aliphatic rings. The summed E-state index contributed by atoms with van der Waals surface area (Å²) in [5, 5.41) is 8.03. The topological polar surface area (TPSA) is 12.0 Å². The maximum absolute atomic E-state index is 3.55. The van der Waals surface area contributed by atoms with Gasteiger partial charge in [-0.25, -0.2) is 0 Å². The van der Waals surface area contributed by atoms with E-state index < -0.39 is 0 Å². The Labute approximate surface area is 110 Å². The van der Waals surface area contributed by atoms with Crippen molar-refractivity contribution >= 4 is 11.3 Å².